The van der Waals surface area contributed by atoms with Gasteiger partial charge < -0.3 is 16.8 Å². The van der Waals surface area contributed by atoms with Crippen LogP contribution in [0.25, 0.3) is 0 Å². The first-order valence-corrected chi connectivity index (χ1v) is 8.34. The van der Waals surface area contributed by atoms with Crippen LogP contribution in [0.5, 0.6) is 0 Å². The van der Waals surface area contributed by atoms with Crippen molar-refractivity contribution in [3.05, 3.63) is 78.4 Å². The van der Waals surface area contributed by atoms with Gasteiger partial charge in [-0.15, -0.1) is 25.3 Å². The van der Waals surface area contributed by atoms with Crippen LogP contribution >= 0.6 is 25.3 Å². The molecule has 25 heavy (non-hydrogen) atoms. The zero-order valence-electron chi connectivity index (χ0n) is 13.4. The Labute approximate surface area is 158 Å². The first-order valence-electron chi connectivity index (χ1n) is 7.45. The van der Waals surface area contributed by atoms with E-state index in [0.29, 0.717) is 21.8 Å². The standard InChI is InChI=1S/C13H12N2OS2.C6H7N/c14-11-7-8(1-6-12(11)18)13(16)15-9-2-4-10(17)5-3-9;7-6-4-2-1-3-5-6/h1-7,17-18H,14H2,(H,15,16);1-5H,7H2. The highest BCUT2D eigenvalue weighted by atomic mass is 32.1. The van der Waals surface area contributed by atoms with Gasteiger partial charge in [0.25, 0.3) is 5.91 Å². The number of nitrogen functional groups attached to an aromatic ring is 2. The molecular formula is C19H19N3OS2. The minimum Gasteiger partial charge on any atom is -0.399 e. The summed E-state index contributed by atoms with van der Waals surface area (Å²) in [4.78, 5) is 13.5. The molecule has 3 rings (SSSR count). The molecule has 4 nitrogen and oxygen atoms in total. The number of nitrogens with one attached hydrogen (secondary N) is 1. The number of amides is 1. The Morgan fingerprint density at radius 3 is 2.00 bits per heavy atom. The third kappa shape index (κ3) is 6.10. The Kier molecular flexibility index (Phi) is 6.80. The van der Waals surface area contributed by atoms with Crippen molar-refractivity contribution in [1.82, 2.24) is 0 Å². The Morgan fingerprint density at radius 1 is 0.840 bits per heavy atom. The predicted molar refractivity (Wildman–Crippen MR) is 111 cm³/mol. The largest absolute Gasteiger partial charge is 0.399 e. The Bertz CT molecular complexity index is 837. The molecule has 0 aromatic heterocycles. The molecule has 0 aliphatic carbocycles. The van der Waals surface area contributed by atoms with E-state index in [2.05, 4.69) is 30.6 Å². The molecule has 0 heterocycles. The molecule has 3 aromatic carbocycles. The van der Waals surface area contributed by atoms with Crippen LogP contribution in [0.2, 0.25) is 0 Å². The lowest BCUT2D eigenvalue weighted by atomic mass is 10.2. The summed E-state index contributed by atoms with van der Waals surface area (Å²) < 4.78 is 0. The van der Waals surface area contributed by atoms with Crippen molar-refractivity contribution >= 4 is 48.2 Å². The third-order valence-electron chi connectivity index (χ3n) is 3.21. The second-order valence-electron chi connectivity index (χ2n) is 5.19. The number of carbonyl (C=O) groups is 1. The molecule has 0 saturated carbocycles. The second-order valence-corrected chi connectivity index (χ2v) is 6.18. The number of thiol groups is 2. The lowest BCUT2D eigenvalue weighted by molar-refractivity contribution is 0.102. The zero-order chi connectivity index (χ0) is 18.2. The zero-order valence-corrected chi connectivity index (χ0v) is 15.2. The van der Waals surface area contributed by atoms with E-state index in [-0.39, 0.29) is 5.91 Å². The number of rotatable bonds is 2. The van der Waals surface area contributed by atoms with Crippen LogP contribution < -0.4 is 16.8 Å². The van der Waals surface area contributed by atoms with Gasteiger partial charge in [0.05, 0.1) is 0 Å². The predicted octanol–water partition coefficient (Wildman–Crippen LogP) is 4.37. The van der Waals surface area contributed by atoms with Crippen LogP contribution in [-0.2, 0) is 0 Å². The number of para-hydroxylation sites is 1. The Hall–Kier alpha value is -2.57. The number of hydrogen-bond donors (Lipinski definition) is 5. The highest BCUT2D eigenvalue weighted by Gasteiger charge is 2.07. The molecule has 0 fully saturated rings. The molecule has 0 unspecified atom stereocenters. The Balaban J connectivity index is 0.000000269. The van der Waals surface area contributed by atoms with Crippen molar-refractivity contribution in [3.63, 3.8) is 0 Å². The molecule has 1 amide bonds. The number of nitrogens with two attached hydrogens (primary N) is 2. The summed E-state index contributed by atoms with van der Waals surface area (Å²) in [5, 5.41) is 2.78. The Morgan fingerprint density at radius 2 is 1.48 bits per heavy atom. The van der Waals surface area contributed by atoms with Gasteiger partial charge in [0.1, 0.15) is 0 Å². The highest BCUT2D eigenvalue weighted by Crippen LogP contribution is 2.19. The molecule has 0 aliphatic heterocycles. The second kappa shape index (κ2) is 9.05. The summed E-state index contributed by atoms with van der Waals surface area (Å²) in [6.45, 7) is 0. The molecule has 5 N–H and O–H groups in total. The summed E-state index contributed by atoms with van der Waals surface area (Å²) in [5.74, 6) is -0.207. The quantitative estimate of drug-likeness (QED) is 0.344. The lowest BCUT2D eigenvalue weighted by Gasteiger charge is -2.07. The lowest BCUT2D eigenvalue weighted by Crippen LogP contribution is -2.12. The van der Waals surface area contributed by atoms with Gasteiger partial charge in [-0.3, -0.25) is 4.79 Å². The average Bonchev–Trinajstić information content (AvgIpc) is 2.60. The molecule has 0 radical (unpaired) electrons. The van der Waals surface area contributed by atoms with E-state index in [9.17, 15) is 4.79 Å². The summed E-state index contributed by atoms with van der Waals surface area (Å²) in [5.41, 5.74) is 13.6. The van der Waals surface area contributed by atoms with Crippen LogP contribution in [0.15, 0.2) is 82.6 Å². The summed E-state index contributed by atoms with van der Waals surface area (Å²) in [6, 6.07) is 21.7. The van der Waals surface area contributed by atoms with E-state index in [1.54, 1.807) is 30.3 Å². The van der Waals surface area contributed by atoms with Gasteiger partial charge in [-0.05, 0) is 54.6 Å². The fourth-order valence-corrected chi connectivity index (χ4v) is 2.18. The van der Waals surface area contributed by atoms with Gasteiger partial charge in [0, 0.05) is 32.4 Å². The van der Waals surface area contributed by atoms with Gasteiger partial charge in [0.2, 0.25) is 0 Å². The van der Waals surface area contributed by atoms with E-state index >= 15 is 0 Å². The third-order valence-corrected chi connectivity index (χ3v) is 3.92. The van der Waals surface area contributed by atoms with E-state index < -0.39 is 0 Å². The first kappa shape index (κ1) is 18.8. The van der Waals surface area contributed by atoms with Crippen molar-refractivity contribution in [2.24, 2.45) is 0 Å². The molecule has 0 bridgehead atoms. The summed E-state index contributed by atoms with van der Waals surface area (Å²) >= 11 is 8.34. The maximum atomic E-state index is 12.0. The molecule has 6 heteroatoms. The minimum absolute atomic E-state index is 0.207. The van der Waals surface area contributed by atoms with Crippen molar-refractivity contribution in [2.45, 2.75) is 9.79 Å². The summed E-state index contributed by atoms with van der Waals surface area (Å²) in [6.07, 6.45) is 0. The molecule has 0 spiro atoms. The molecule has 0 saturated heterocycles. The van der Waals surface area contributed by atoms with Crippen molar-refractivity contribution in [1.29, 1.82) is 0 Å². The number of carbonyl (C=O) groups excluding carboxylic acids is 1. The molecule has 3 aromatic rings. The molecular weight excluding hydrogens is 350 g/mol. The van der Waals surface area contributed by atoms with Crippen LogP contribution in [0.1, 0.15) is 10.4 Å². The van der Waals surface area contributed by atoms with Gasteiger partial charge in [-0.25, -0.2) is 0 Å². The van der Waals surface area contributed by atoms with E-state index in [0.717, 1.165) is 10.6 Å². The maximum absolute atomic E-state index is 12.0. The van der Waals surface area contributed by atoms with Gasteiger partial charge in [-0.1, -0.05) is 18.2 Å². The van der Waals surface area contributed by atoms with E-state index in [1.165, 1.54) is 0 Å². The van der Waals surface area contributed by atoms with Gasteiger partial charge >= 0.3 is 0 Å². The van der Waals surface area contributed by atoms with Gasteiger partial charge in [-0.2, -0.15) is 0 Å². The van der Waals surface area contributed by atoms with Crippen LogP contribution in [0.3, 0.4) is 0 Å². The first-order chi connectivity index (χ1) is 12.0. The van der Waals surface area contributed by atoms with Crippen LogP contribution in [-0.4, -0.2) is 5.91 Å². The number of hydrogen-bond acceptors (Lipinski definition) is 5. The highest BCUT2D eigenvalue weighted by molar-refractivity contribution is 7.80. The SMILES string of the molecule is Nc1cc(C(=O)Nc2ccc(S)cc2)ccc1S.Nc1ccccc1. The smallest absolute Gasteiger partial charge is 0.255 e. The topological polar surface area (TPSA) is 81.1 Å². The fraction of sp³-hybridized carbons (Fsp3) is 0. The van der Waals surface area contributed by atoms with E-state index in [4.69, 9.17) is 11.5 Å². The fourth-order valence-electron chi connectivity index (χ4n) is 1.90. The van der Waals surface area contributed by atoms with Gasteiger partial charge in [0.15, 0.2) is 0 Å². The number of benzene rings is 3. The molecule has 128 valence electrons. The molecule has 0 atom stereocenters. The number of anilines is 3. The van der Waals surface area contributed by atoms with Crippen molar-refractivity contribution in [2.75, 3.05) is 16.8 Å². The van der Waals surface area contributed by atoms with Crippen molar-refractivity contribution in [3.8, 4) is 0 Å². The van der Waals surface area contributed by atoms with Crippen LogP contribution in [0, 0.1) is 0 Å². The monoisotopic (exact) mass is 369 g/mol. The van der Waals surface area contributed by atoms with Crippen LogP contribution in [0.4, 0.5) is 17.1 Å². The summed E-state index contributed by atoms with van der Waals surface area (Å²) in [7, 11) is 0. The van der Waals surface area contributed by atoms with E-state index in [1.807, 2.05) is 42.5 Å². The minimum atomic E-state index is -0.207. The average molecular weight is 370 g/mol. The maximum Gasteiger partial charge on any atom is 0.255 e. The van der Waals surface area contributed by atoms with Crippen molar-refractivity contribution < 1.29 is 4.79 Å². The normalized spacial score (nSPS) is 9.68. The molecule has 0 aliphatic rings.